The lowest BCUT2D eigenvalue weighted by Crippen LogP contribution is -2.33. The third kappa shape index (κ3) is 5.21. The Hall–Kier alpha value is -2.16. The van der Waals surface area contributed by atoms with E-state index < -0.39 is 5.91 Å². The van der Waals surface area contributed by atoms with Crippen LogP contribution in [0.15, 0.2) is 18.2 Å². The molecule has 2 heterocycles. The summed E-state index contributed by atoms with van der Waals surface area (Å²) in [5.41, 5.74) is 2.46. The number of aromatic nitrogens is 3. The molecule has 10 heteroatoms. The summed E-state index contributed by atoms with van der Waals surface area (Å²) in [5, 5.41) is 17.2. The van der Waals surface area contributed by atoms with E-state index in [-0.39, 0.29) is 36.6 Å². The number of rotatable bonds is 5. The second-order valence-corrected chi connectivity index (χ2v) is 7.07. The van der Waals surface area contributed by atoms with Gasteiger partial charge >= 0.3 is 0 Å². The second kappa shape index (κ2) is 9.86. The fraction of sp³-hybridized carbons (Fsp3) is 0.444. The molecule has 0 aliphatic carbocycles. The van der Waals surface area contributed by atoms with Gasteiger partial charge in [-0.25, -0.2) is 4.68 Å². The van der Waals surface area contributed by atoms with E-state index in [4.69, 9.17) is 11.6 Å². The van der Waals surface area contributed by atoms with Gasteiger partial charge in [0.2, 0.25) is 5.91 Å². The van der Waals surface area contributed by atoms with Crippen molar-refractivity contribution in [2.24, 2.45) is 0 Å². The maximum absolute atomic E-state index is 12.4. The highest BCUT2D eigenvalue weighted by Gasteiger charge is 2.23. The lowest BCUT2D eigenvalue weighted by Gasteiger charge is -2.23. The summed E-state index contributed by atoms with van der Waals surface area (Å²) in [6.07, 6.45) is 1.90. The van der Waals surface area contributed by atoms with Gasteiger partial charge in [-0.3, -0.25) is 9.59 Å². The van der Waals surface area contributed by atoms with Crippen molar-refractivity contribution in [2.75, 3.05) is 25.0 Å². The summed E-state index contributed by atoms with van der Waals surface area (Å²) in [6, 6.07) is 5.58. The molecule has 1 aliphatic rings. The average Bonchev–Trinajstić information content (AvgIpc) is 3.04. The van der Waals surface area contributed by atoms with Gasteiger partial charge in [0.25, 0.3) is 5.91 Å². The Morgan fingerprint density at radius 1 is 1.29 bits per heavy atom. The van der Waals surface area contributed by atoms with Crippen molar-refractivity contribution in [3.8, 4) is 0 Å². The number of nitrogens with zero attached hydrogens (tertiary/aromatic N) is 3. The highest BCUT2D eigenvalue weighted by atomic mass is 35.5. The molecule has 1 aromatic heterocycles. The number of benzene rings is 1. The first-order valence-electron chi connectivity index (χ1n) is 8.92. The lowest BCUT2D eigenvalue weighted by molar-refractivity contribution is -0.115. The molecule has 1 fully saturated rings. The molecule has 1 aromatic carbocycles. The minimum atomic E-state index is -0.419. The molecule has 3 N–H and O–H groups in total. The van der Waals surface area contributed by atoms with Gasteiger partial charge < -0.3 is 16.0 Å². The Balaban J connectivity index is 0.00000280. The number of amides is 2. The monoisotopic (exact) mass is 426 g/mol. The van der Waals surface area contributed by atoms with Crippen LogP contribution in [-0.2, 0) is 4.79 Å². The van der Waals surface area contributed by atoms with Crippen LogP contribution < -0.4 is 16.0 Å². The third-order valence-corrected chi connectivity index (χ3v) is 4.92. The van der Waals surface area contributed by atoms with Gasteiger partial charge in [-0.2, -0.15) is 0 Å². The van der Waals surface area contributed by atoms with Crippen molar-refractivity contribution < 1.29 is 9.59 Å². The number of carbonyl (C=O) groups excluding carboxylic acids is 2. The summed E-state index contributed by atoms with van der Waals surface area (Å²) < 4.78 is 1.81. The van der Waals surface area contributed by atoms with Gasteiger partial charge in [0.1, 0.15) is 0 Å². The molecule has 2 aromatic rings. The summed E-state index contributed by atoms with van der Waals surface area (Å²) in [5.74, 6) is -0.782. The highest BCUT2D eigenvalue weighted by Crippen LogP contribution is 2.22. The highest BCUT2D eigenvalue weighted by molar-refractivity contribution is 6.33. The topological polar surface area (TPSA) is 101 Å². The first kappa shape index (κ1) is 22.1. The molecule has 2 amide bonds. The van der Waals surface area contributed by atoms with Gasteiger partial charge in [-0.15, -0.1) is 17.5 Å². The van der Waals surface area contributed by atoms with E-state index in [9.17, 15) is 9.59 Å². The Morgan fingerprint density at radius 2 is 2.00 bits per heavy atom. The molecule has 8 nitrogen and oxygen atoms in total. The van der Waals surface area contributed by atoms with Crippen LogP contribution in [0.5, 0.6) is 0 Å². The smallest absolute Gasteiger partial charge is 0.274 e. The maximum Gasteiger partial charge on any atom is 0.274 e. The van der Waals surface area contributed by atoms with Crippen LogP contribution in [0.4, 0.5) is 5.69 Å². The summed E-state index contributed by atoms with van der Waals surface area (Å²) in [7, 11) is 0. The van der Waals surface area contributed by atoms with Crippen LogP contribution in [0.1, 0.15) is 40.6 Å². The fourth-order valence-corrected chi connectivity index (χ4v) is 3.39. The number of anilines is 1. The van der Waals surface area contributed by atoms with Gasteiger partial charge in [0, 0.05) is 0 Å². The summed E-state index contributed by atoms with van der Waals surface area (Å²) in [6.45, 7) is 5.41. The maximum atomic E-state index is 12.4. The Labute approximate surface area is 174 Å². The summed E-state index contributed by atoms with van der Waals surface area (Å²) >= 11 is 6.10. The van der Waals surface area contributed by atoms with Crippen LogP contribution in [-0.4, -0.2) is 46.4 Å². The minimum Gasteiger partial charge on any atom is -0.342 e. The minimum absolute atomic E-state index is 0. The van der Waals surface area contributed by atoms with E-state index in [1.807, 2.05) is 24.6 Å². The molecule has 0 bridgehead atoms. The predicted molar refractivity (Wildman–Crippen MR) is 110 cm³/mol. The average molecular weight is 427 g/mol. The molecule has 0 spiro atoms. The Kier molecular flexibility index (Phi) is 7.79. The lowest BCUT2D eigenvalue weighted by atomic mass is 10.1. The van der Waals surface area contributed by atoms with Gasteiger partial charge in [0.15, 0.2) is 5.69 Å². The molecule has 3 rings (SSSR count). The van der Waals surface area contributed by atoms with Crippen molar-refractivity contribution in [3.05, 3.63) is 40.2 Å². The number of carbonyl (C=O) groups is 2. The zero-order valence-corrected chi connectivity index (χ0v) is 17.4. The van der Waals surface area contributed by atoms with Crippen molar-refractivity contribution in [1.82, 2.24) is 25.6 Å². The van der Waals surface area contributed by atoms with Crippen LogP contribution >= 0.6 is 24.0 Å². The zero-order chi connectivity index (χ0) is 19.4. The van der Waals surface area contributed by atoms with E-state index in [2.05, 4.69) is 26.3 Å². The number of hydrogen-bond acceptors (Lipinski definition) is 5. The Morgan fingerprint density at radius 3 is 2.68 bits per heavy atom. The number of hydrogen-bond donors (Lipinski definition) is 3. The molecule has 1 saturated heterocycles. The van der Waals surface area contributed by atoms with Crippen molar-refractivity contribution in [3.63, 3.8) is 0 Å². The molecular weight excluding hydrogens is 403 g/mol. The molecule has 0 unspecified atom stereocenters. The summed E-state index contributed by atoms with van der Waals surface area (Å²) in [4.78, 5) is 24.5. The predicted octanol–water partition coefficient (Wildman–Crippen LogP) is 2.26. The molecule has 1 aliphatic heterocycles. The second-order valence-electron chi connectivity index (χ2n) is 6.66. The Bertz CT molecular complexity index is 849. The quantitative estimate of drug-likeness (QED) is 0.680. The van der Waals surface area contributed by atoms with Crippen molar-refractivity contribution in [1.29, 1.82) is 0 Å². The normalized spacial score (nSPS) is 14.2. The largest absolute Gasteiger partial charge is 0.342 e. The van der Waals surface area contributed by atoms with Gasteiger partial charge in [-0.05, 0) is 57.5 Å². The number of aryl methyl sites for hydroxylation is 1. The molecule has 0 saturated carbocycles. The molecule has 0 atom stereocenters. The number of halogens is 2. The molecular formula is C18H24Cl2N6O2. The van der Waals surface area contributed by atoms with E-state index in [0.29, 0.717) is 16.4 Å². The van der Waals surface area contributed by atoms with Crippen LogP contribution in [0.25, 0.3) is 0 Å². The number of piperidine rings is 1. The first-order chi connectivity index (χ1) is 13.0. The first-order valence-corrected chi connectivity index (χ1v) is 9.30. The van der Waals surface area contributed by atoms with E-state index >= 15 is 0 Å². The van der Waals surface area contributed by atoms with Crippen molar-refractivity contribution >= 4 is 41.5 Å². The van der Waals surface area contributed by atoms with Crippen molar-refractivity contribution in [2.45, 2.75) is 32.7 Å². The number of nitrogens with one attached hydrogen (secondary N) is 3. The fourth-order valence-electron chi connectivity index (χ4n) is 3.11. The van der Waals surface area contributed by atoms with Gasteiger partial charge in [0.05, 0.1) is 29.0 Å². The molecule has 152 valence electrons. The SMILES string of the molecule is Cc1ccc(NC(=O)CNC(=O)c2nnn(C3CCNCC3)c2C)c(Cl)c1.Cl. The van der Waals surface area contributed by atoms with Crippen LogP contribution in [0.2, 0.25) is 5.02 Å². The van der Waals surface area contributed by atoms with Crippen LogP contribution in [0.3, 0.4) is 0 Å². The van der Waals surface area contributed by atoms with Crippen LogP contribution in [0, 0.1) is 13.8 Å². The third-order valence-electron chi connectivity index (χ3n) is 4.61. The van der Waals surface area contributed by atoms with E-state index in [1.54, 1.807) is 12.1 Å². The zero-order valence-electron chi connectivity index (χ0n) is 15.8. The van der Waals surface area contributed by atoms with E-state index in [0.717, 1.165) is 31.5 Å². The molecule has 28 heavy (non-hydrogen) atoms. The van der Waals surface area contributed by atoms with E-state index in [1.165, 1.54) is 0 Å². The standard InChI is InChI=1S/C18H23ClN6O2.ClH/c1-11-3-4-15(14(19)9-11)22-16(26)10-21-18(27)17-12(2)25(24-23-17)13-5-7-20-8-6-13;/h3-4,9,13,20H,5-8,10H2,1-2H3,(H,21,27)(H,22,26);1H. The molecule has 0 radical (unpaired) electrons. The van der Waals surface area contributed by atoms with Gasteiger partial charge in [-0.1, -0.05) is 22.9 Å².